The van der Waals surface area contributed by atoms with Gasteiger partial charge in [0.15, 0.2) is 0 Å². The summed E-state index contributed by atoms with van der Waals surface area (Å²) in [6.07, 6.45) is 6.77. The van der Waals surface area contributed by atoms with Crippen molar-refractivity contribution in [3.05, 3.63) is 0 Å². The standard InChI is InChI=1S/C17H31NO2S/c1-16(2,3)21-12-6-8-15(19)18-11-10-17(20)9-5-4-7-14(17)13-18/h14,20H,4-13H2,1-3H3/t14-,17-/m1/s1. The molecular formula is C17H31NO2S. The van der Waals surface area contributed by atoms with Gasteiger partial charge < -0.3 is 10.0 Å². The molecule has 2 fully saturated rings. The molecule has 0 radical (unpaired) electrons. The SMILES string of the molecule is CC(C)(C)SCCCC(=O)N1CC[C@]2(O)CCCC[C@@H]2C1. The molecule has 0 unspecified atom stereocenters. The van der Waals surface area contributed by atoms with Crippen molar-refractivity contribution >= 4 is 17.7 Å². The van der Waals surface area contributed by atoms with Gasteiger partial charge in [-0.1, -0.05) is 33.6 Å². The van der Waals surface area contributed by atoms with Crippen molar-refractivity contribution in [1.29, 1.82) is 0 Å². The van der Waals surface area contributed by atoms with Crippen LogP contribution in [0.2, 0.25) is 0 Å². The predicted octanol–water partition coefficient (Wildman–Crippen LogP) is 3.45. The molecule has 0 aromatic heterocycles. The maximum Gasteiger partial charge on any atom is 0.222 e. The van der Waals surface area contributed by atoms with Crippen LogP contribution in [0.5, 0.6) is 0 Å². The minimum absolute atomic E-state index is 0.284. The third-order valence-corrected chi connectivity index (χ3v) is 6.21. The highest BCUT2D eigenvalue weighted by atomic mass is 32.2. The average molecular weight is 314 g/mol. The number of fused-ring (bicyclic) bond motifs is 1. The van der Waals surface area contributed by atoms with Crippen molar-refractivity contribution in [3.63, 3.8) is 0 Å². The Morgan fingerprint density at radius 2 is 2.10 bits per heavy atom. The van der Waals surface area contributed by atoms with Crippen LogP contribution < -0.4 is 0 Å². The summed E-state index contributed by atoms with van der Waals surface area (Å²) in [6, 6.07) is 0. The number of thioether (sulfide) groups is 1. The molecule has 0 aromatic carbocycles. The number of aliphatic hydroxyl groups is 1. The van der Waals surface area contributed by atoms with Crippen LogP contribution in [0.15, 0.2) is 0 Å². The van der Waals surface area contributed by atoms with Crippen molar-refractivity contribution in [2.45, 2.75) is 76.1 Å². The first-order valence-corrected chi connectivity index (χ1v) is 9.43. The van der Waals surface area contributed by atoms with E-state index in [-0.39, 0.29) is 10.7 Å². The molecule has 1 aliphatic heterocycles. The molecule has 1 N–H and O–H groups in total. The molecule has 2 rings (SSSR count). The summed E-state index contributed by atoms with van der Waals surface area (Å²) < 4.78 is 0.284. The van der Waals surface area contributed by atoms with E-state index in [1.807, 2.05) is 16.7 Å². The molecule has 2 aliphatic rings. The van der Waals surface area contributed by atoms with Gasteiger partial charge in [-0.2, -0.15) is 11.8 Å². The minimum Gasteiger partial charge on any atom is -0.389 e. The fraction of sp³-hybridized carbons (Fsp3) is 0.941. The summed E-state index contributed by atoms with van der Waals surface area (Å²) >= 11 is 1.93. The highest BCUT2D eigenvalue weighted by Crippen LogP contribution is 2.39. The van der Waals surface area contributed by atoms with E-state index in [0.29, 0.717) is 12.3 Å². The summed E-state index contributed by atoms with van der Waals surface area (Å²) in [7, 11) is 0. The van der Waals surface area contributed by atoms with Gasteiger partial charge in [0.2, 0.25) is 5.91 Å². The molecule has 4 heteroatoms. The lowest BCUT2D eigenvalue weighted by Gasteiger charge is -2.47. The van der Waals surface area contributed by atoms with Crippen LogP contribution >= 0.6 is 11.8 Å². The number of amides is 1. The normalized spacial score (nSPS) is 30.1. The number of nitrogens with zero attached hydrogens (tertiary/aromatic N) is 1. The van der Waals surface area contributed by atoms with Gasteiger partial charge in [-0.3, -0.25) is 4.79 Å². The predicted molar refractivity (Wildman–Crippen MR) is 89.5 cm³/mol. The van der Waals surface area contributed by atoms with Crippen LogP contribution in [-0.4, -0.2) is 45.1 Å². The molecule has 1 saturated carbocycles. The van der Waals surface area contributed by atoms with Crippen LogP contribution in [0.4, 0.5) is 0 Å². The van der Waals surface area contributed by atoms with E-state index in [2.05, 4.69) is 20.8 Å². The van der Waals surface area contributed by atoms with E-state index in [4.69, 9.17) is 0 Å². The van der Waals surface area contributed by atoms with E-state index >= 15 is 0 Å². The molecular weight excluding hydrogens is 282 g/mol. The fourth-order valence-electron chi connectivity index (χ4n) is 3.56. The second-order valence-electron chi connectivity index (χ2n) is 7.70. The summed E-state index contributed by atoms with van der Waals surface area (Å²) in [5.74, 6) is 1.65. The van der Waals surface area contributed by atoms with Crippen LogP contribution in [0.3, 0.4) is 0 Å². The maximum absolute atomic E-state index is 12.3. The molecule has 1 aliphatic carbocycles. The highest BCUT2D eigenvalue weighted by Gasteiger charge is 2.43. The van der Waals surface area contributed by atoms with Crippen molar-refractivity contribution < 1.29 is 9.90 Å². The molecule has 2 atom stereocenters. The first-order valence-electron chi connectivity index (χ1n) is 8.44. The minimum atomic E-state index is -0.475. The van der Waals surface area contributed by atoms with Gasteiger partial charge in [0, 0.05) is 30.2 Å². The Bertz CT molecular complexity index is 366. The number of hydrogen-bond acceptors (Lipinski definition) is 3. The summed E-state index contributed by atoms with van der Waals surface area (Å²) in [6.45, 7) is 8.18. The van der Waals surface area contributed by atoms with E-state index in [1.54, 1.807) is 0 Å². The Morgan fingerprint density at radius 3 is 2.81 bits per heavy atom. The van der Waals surface area contributed by atoms with Crippen molar-refractivity contribution in [2.24, 2.45) is 5.92 Å². The lowest BCUT2D eigenvalue weighted by Crippen LogP contribution is -2.54. The molecule has 1 amide bonds. The van der Waals surface area contributed by atoms with Gasteiger partial charge in [-0.15, -0.1) is 0 Å². The summed E-state index contributed by atoms with van der Waals surface area (Å²) in [4.78, 5) is 14.3. The van der Waals surface area contributed by atoms with Gasteiger partial charge >= 0.3 is 0 Å². The molecule has 3 nitrogen and oxygen atoms in total. The summed E-state index contributed by atoms with van der Waals surface area (Å²) in [5.41, 5.74) is -0.475. The third kappa shape index (κ3) is 4.88. The van der Waals surface area contributed by atoms with E-state index in [0.717, 1.165) is 50.9 Å². The quantitative estimate of drug-likeness (QED) is 0.808. The Morgan fingerprint density at radius 1 is 1.33 bits per heavy atom. The van der Waals surface area contributed by atoms with E-state index < -0.39 is 5.60 Å². The Kier molecular flexibility index (Phi) is 5.64. The lowest BCUT2D eigenvalue weighted by atomic mass is 9.71. The van der Waals surface area contributed by atoms with E-state index in [1.165, 1.54) is 6.42 Å². The van der Waals surface area contributed by atoms with Crippen molar-refractivity contribution in [2.75, 3.05) is 18.8 Å². The van der Waals surface area contributed by atoms with Crippen LogP contribution in [0.1, 0.15) is 65.7 Å². The van der Waals surface area contributed by atoms with Gasteiger partial charge in [0.25, 0.3) is 0 Å². The monoisotopic (exact) mass is 313 g/mol. The Hall–Kier alpha value is -0.220. The summed E-state index contributed by atoms with van der Waals surface area (Å²) in [5, 5.41) is 10.7. The first-order chi connectivity index (χ1) is 9.80. The van der Waals surface area contributed by atoms with Crippen molar-refractivity contribution in [3.8, 4) is 0 Å². The fourth-order valence-corrected chi connectivity index (χ4v) is 4.46. The molecule has 0 bridgehead atoms. The second-order valence-corrected chi connectivity index (χ2v) is 9.62. The smallest absolute Gasteiger partial charge is 0.222 e. The third-order valence-electron chi connectivity index (χ3n) is 4.85. The zero-order valence-corrected chi connectivity index (χ0v) is 14.7. The number of hydrogen-bond donors (Lipinski definition) is 1. The second kappa shape index (κ2) is 6.91. The average Bonchev–Trinajstić information content (AvgIpc) is 2.41. The van der Waals surface area contributed by atoms with Gasteiger partial charge in [-0.05, 0) is 31.4 Å². The Balaban J connectivity index is 1.74. The largest absolute Gasteiger partial charge is 0.389 e. The number of likely N-dealkylation sites (tertiary alicyclic amines) is 1. The number of piperidine rings is 1. The van der Waals surface area contributed by atoms with E-state index in [9.17, 15) is 9.90 Å². The number of rotatable bonds is 4. The topological polar surface area (TPSA) is 40.5 Å². The van der Waals surface area contributed by atoms with Crippen LogP contribution in [0, 0.1) is 5.92 Å². The van der Waals surface area contributed by atoms with Gasteiger partial charge in [-0.25, -0.2) is 0 Å². The zero-order valence-electron chi connectivity index (χ0n) is 13.9. The molecule has 0 spiro atoms. The Labute approximate surface area is 133 Å². The molecule has 122 valence electrons. The van der Waals surface area contributed by atoms with Gasteiger partial charge in [0.05, 0.1) is 5.60 Å². The number of carbonyl (C=O) groups excluding carboxylic acids is 1. The molecule has 0 aromatic rings. The van der Waals surface area contributed by atoms with Crippen LogP contribution in [-0.2, 0) is 4.79 Å². The highest BCUT2D eigenvalue weighted by molar-refractivity contribution is 8.00. The lowest BCUT2D eigenvalue weighted by molar-refractivity contribution is -0.143. The zero-order chi connectivity index (χ0) is 15.5. The van der Waals surface area contributed by atoms with Crippen LogP contribution in [0.25, 0.3) is 0 Å². The molecule has 21 heavy (non-hydrogen) atoms. The van der Waals surface area contributed by atoms with Gasteiger partial charge in [0.1, 0.15) is 0 Å². The first kappa shape index (κ1) is 17.1. The molecule has 1 heterocycles. The number of carbonyl (C=O) groups is 1. The maximum atomic E-state index is 12.3. The van der Waals surface area contributed by atoms with Crippen molar-refractivity contribution in [1.82, 2.24) is 4.90 Å². The molecule has 1 saturated heterocycles.